The number of ketones is 1. The van der Waals surface area contributed by atoms with E-state index < -0.39 is 34.3 Å². The molecule has 0 spiro atoms. The van der Waals surface area contributed by atoms with Gasteiger partial charge in [0.1, 0.15) is 11.9 Å². The monoisotopic (exact) mass is 371 g/mol. The number of carboxylic acid groups (broad SMARTS) is 1. The van der Waals surface area contributed by atoms with Crippen LogP contribution in [0.25, 0.3) is 0 Å². The fourth-order valence-corrected chi connectivity index (χ4v) is 3.05. The molecule has 0 saturated carbocycles. The highest BCUT2D eigenvalue weighted by molar-refractivity contribution is 9.10. The molecule has 1 fully saturated rings. The second kappa shape index (κ2) is 7.00. The molecular weight excluding hydrogens is 357 g/mol. The summed E-state index contributed by atoms with van der Waals surface area (Å²) >= 11 is 3.14. The first kappa shape index (κ1) is 16.6. The second-order valence-corrected chi connectivity index (χ2v) is 6.23. The van der Waals surface area contributed by atoms with E-state index in [1.165, 1.54) is 23.1 Å². The summed E-state index contributed by atoms with van der Waals surface area (Å²) < 4.78 is 13.1. The lowest BCUT2D eigenvalue weighted by Crippen LogP contribution is -2.41. The predicted octanol–water partition coefficient (Wildman–Crippen LogP) is 2.24. The van der Waals surface area contributed by atoms with Gasteiger partial charge in [-0.15, -0.1) is 0 Å². The van der Waals surface area contributed by atoms with Crippen LogP contribution in [0.3, 0.4) is 0 Å². The first-order valence-electron chi connectivity index (χ1n) is 6.86. The second-order valence-electron chi connectivity index (χ2n) is 5.13. The third kappa shape index (κ3) is 3.71. The fourth-order valence-electron chi connectivity index (χ4n) is 2.51. The number of amides is 1. The zero-order valence-corrected chi connectivity index (χ0v) is 13.3. The van der Waals surface area contributed by atoms with Crippen LogP contribution in [0.2, 0.25) is 0 Å². The molecule has 22 heavy (non-hydrogen) atoms. The standard InChI is InChI=1S/C15H15BrFNO4/c16-11(14(20)9-3-1-4-10(17)7-9)8-13(19)18-6-2-5-12(18)15(21)22/h1,3-4,7,11-12H,2,5-6,8H2,(H,21,22)/t11?,12-/m0/s1. The lowest BCUT2D eigenvalue weighted by atomic mass is 10.1. The molecule has 1 N–H and O–H groups in total. The van der Waals surface area contributed by atoms with Crippen LogP contribution in [0.4, 0.5) is 4.39 Å². The maximum Gasteiger partial charge on any atom is 0.326 e. The average molecular weight is 372 g/mol. The first-order valence-corrected chi connectivity index (χ1v) is 7.78. The van der Waals surface area contributed by atoms with E-state index in [2.05, 4.69) is 15.9 Å². The summed E-state index contributed by atoms with van der Waals surface area (Å²) in [7, 11) is 0. The summed E-state index contributed by atoms with van der Waals surface area (Å²) in [5.74, 6) is -2.36. The van der Waals surface area contributed by atoms with Crippen molar-refractivity contribution in [1.82, 2.24) is 4.90 Å². The largest absolute Gasteiger partial charge is 0.480 e. The lowest BCUT2D eigenvalue weighted by Gasteiger charge is -2.22. The summed E-state index contributed by atoms with van der Waals surface area (Å²) in [5, 5.41) is 9.07. The van der Waals surface area contributed by atoms with Crippen molar-refractivity contribution < 1.29 is 23.9 Å². The number of rotatable bonds is 5. The molecule has 1 aliphatic rings. The Balaban J connectivity index is 2.02. The minimum atomic E-state index is -1.03. The number of alkyl halides is 1. The highest BCUT2D eigenvalue weighted by Crippen LogP contribution is 2.22. The normalized spacial score (nSPS) is 19.0. The Labute approximate surface area is 135 Å². The van der Waals surface area contributed by atoms with Crippen molar-refractivity contribution >= 4 is 33.6 Å². The number of carbonyl (C=O) groups excluding carboxylic acids is 2. The number of nitrogens with zero attached hydrogens (tertiary/aromatic N) is 1. The van der Waals surface area contributed by atoms with Gasteiger partial charge < -0.3 is 10.0 Å². The molecule has 1 heterocycles. The lowest BCUT2D eigenvalue weighted by molar-refractivity contribution is -0.148. The van der Waals surface area contributed by atoms with Crippen molar-refractivity contribution in [2.45, 2.75) is 30.1 Å². The van der Waals surface area contributed by atoms with Gasteiger partial charge in [-0.2, -0.15) is 0 Å². The molecule has 1 aliphatic heterocycles. The van der Waals surface area contributed by atoms with Crippen LogP contribution < -0.4 is 0 Å². The first-order chi connectivity index (χ1) is 10.4. The number of likely N-dealkylation sites (tertiary alicyclic amines) is 1. The van der Waals surface area contributed by atoms with Crippen LogP contribution in [-0.4, -0.2) is 45.1 Å². The number of hydrogen-bond donors (Lipinski definition) is 1. The van der Waals surface area contributed by atoms with E-state index in [1.54, 1.807) is 0 Å². The van der Waals surface area contributed by atoms with E-state index in [9.17, 15) is 18.8 Å². The van der Waals surface area contributed by atoms with Crippen molar-refractivity contribution in [2.24, 2.45) is 0 Å². The van der Waals surface area contributed by atoms with Gasteiger partial charge in [-0.25, -0.2) is 9.18 Å². The highest BCUT2D eigenvalue weighted by Gasteiger charge is 2.35. The van der Waals surface area contributed by atoms with Crippen molar-refractivity contribution in [3.05, 3.63) is 35.6 Å². The predicted molar refractivity (Wildman–Crippen MR) is 80.4 cm³/mol. The summed E-state index contributed by atoms with van der Waals surface area (Å²) in [6.07, 6.45) is 0.901. The molecule has 0 bridgehead atoms. The Bertz CT molecular complexity index is 607. The maximum absolute atomic E-state index is 13.1. The summed E-state index contributed by atoms with van der Waals surface area (Å²) in [5.41, 5.74) is 0.172. The number of benzene rings is 1. The van der Waals surface area contributed by atoms with Crippen LogP contribution in [0.15, 0.2) is 24.3 Å². The fraction of sp³-hybridized carbons (Fsp3) is 0.400. The topological polar surface area (TPSA) is 74.7 Å². The Kier molecular flexibility index (Phi) is 5.28. The smallest absolute Gasteiger partial charge is 0.326 e. The third-order valence-corrected chi connectivity index (χ3v) is 4.35. The summed E-state index contributed by atoms with van der Waals surface area (Å²) in [6.45, 7) is 0.379. The van der Waals surface area contributed by atoms with Gasteiger partial charge in [0.05, 0.1) is 4.83 Å². The molecular formula is C15H15BrFNO4. The van der Waals surface area contributed by atoms with Crippen molar-refractivity contribution in [3.63, 3.8) is 0 Å². The zero-order chi connectivity index (χ0) is 16.3. The summed E-state index contributed by atoms with van der Waals surface area (Å²) in [6, 6.07) is 4.41. The van der Waals surface area contributed by atoms with Crippen LogP contribution in [0.1, 0.15) is 29.6 Å². The minimum Gasteiger partial charge on any atom is -0.480 e. The number of carbonyl (C=O) groups is 3. The molecule has 2 rings (SSSR count). The third-order valence-electron chi connectivity index (χ3n) is 3.61. The van der Waals surface area contributed by atoms with Gasteiger partial charge >= 0.3 is 5.97 Å². The number of Topliss-reactive ketones (excluding diaryl/α,β-unsaturated/α-hetero) is 1. The van der Waals surface area contributed by atoms with Gasteiger partial charge in [-0.1, -0.05) is 28.1 Å². The molecule has 5 nitrogen and oxygen atoms in total. The van der Waals surface area contributed by atoms with Gasteiger partial charge in [0, 0.05) is 18.5 Å². The molecule has 1 amide bonds. The van der Waals surface area contributed by atoms with E-state index in [-0.39, 0.29) is 12.0 Å². The summed E-state index contributed by atoms with van der Waals surface area (Å²) in [4.78, 5) is 35.9. The Morgan fingerprint density at radius 3 is 2.77 bits per heavy atom. The Morgan fingerprint density at radius 2 is 2.14 bits per heavy atom. The van der Waals surface area contributed by atoms with Crippen LogP contribution in [-0.2, 0) is 9.59 Å². The van der Waals surface area contributed by atoms with E-state index >= 15 is 0 Å². The van der Waals surface area contributed by atoms with Gasteiger partial charge in [-0.05, 0) is 25.0 Å². The van der Waals surface area contributed by atoms with Gasteiger partial charge in [0.25, 0.3) is 0 Å². The SMILES string of the molecule is O=C(c1cccc(F)c1)C(Br)CC(=O)N1CCC[C@H]1C(=O)O. The maximum atomic E-state index is 13.1. The van der Waals surface area contributed by atoms with Crippen LogP contribution in [0, 0.1) is 5.82 Å². The van der Waals surface area contributed by atoms with Crippen molar-refractivity contribution in [2.75, 3.05) is 6.54 Å². The molecule has 0 aliphatic carbocycles. The molecule has 0 radical (unpaired) electrons. The van der Waals surface area contributed by atoms with Crippen molar-refractivity contribution in [1.29, 1.82) is 0 Å². The van der Waals surface area contributed by atoms with Gasteiger partial charge in [0.2, 0.25) is 5.91 Å². The van der Waals surface area contributed by atoms with E-state index in [4.69, 9.17) is 5.11 Å². The number of halogens is 2. The number of aliphatic carboxylic acids is 1. The Morgan fingerprint density at radius 1 is 1.41 bits per heavy atom. The molecule has 118 valence electrons. The molecule has 0 aromatic heterocycles. The Hall–Kier alpha value is -1.76. The number of hydrogen-bond acceptors (Lipinski definition) is 3. The van der Waals surface area contributed by atoms with Gasteiger partial charge in [-0.3, -0.25) is 9.59 Å². The minimum absolute atomic E-state index is 0.154. The molecule has 1 saturated heterocycles. The molecule has 1 unspecified atom stereocenters. The molecule has 2 atom stereocenters. The molecule has 1 aromatic carbocycles. The van der Waals surface area contributed by atoms with E-state index in [0.29, 0.717) is 19.4 Å². The van der Waals surface area contributed by atoms with Crippen molar-refractivity contribution in [3.8, 4) is 0 Å². The molecule has 7 heteroatoms. The van der Waals surface area contributed by atoms with E-state index in [0.717, 1.165) is 6.07 Å². The highest BCUT2D eigenvalue weighted by atomic mass is 79.9. The van der Waals surface area contributed by atoms with Crippen LogP contribution >= 0.6 is 15.9 Å². The van der Waals surface area contributed by atoms with Gasteiger partial charge in [0.15, 0.2) is 5.78 Å². The quantitative estimate of drug-likeness (QED) is 0.636. The average Bonchev–Trinajstić information content (AvgIpc) is 2.96. The zero-order valence-electron chi connectivity index (χ0n) is 11.7. The number of carboxylic acids is 1. The van der Waals surface area contributed by atoms with E-state index in [1.807, 2.05) is 0 Å². The molecule has 1 aromatic rings. The van der Waals surface area contributed by atoms with Crippen LogP contribution in [0.5, 0.6) is 0 Å².